The van der Waals surface area contributed by atoms with E-state index in [1.807, 2.05) is 68.6 Å². The first-order valence-corrected chi connectivity index (χ1v) is 21.2. The molecule has 0 bridgehead atoms. The molecule has 5 nitrogen and oxygen atoms in total. The average Bonchev–Trinajstić information content (AvgIpc) is 3.17. The van der Waals surface area contributed by atoms with Crippen LogP contribution in [0.1, 0.15) is 89.7 Å². The molecule has 0 saturated carbocycles. The van der Waals surface area contributed by atoms with Crippen molar-refractivity contribution in [3.63, 3.8) is 0 Å². The molecular weight excluding hydrogens is 659 g/mol. The van der Waals surface area contributed by atoms with Gasteiger partial charge in [-0.15, -0.1) is 0 Å². The zero-order chi connectivity index (χ0) is 37.7. The second-order valence-electron chi connectivity index (χ2n) is 15.0. The first kappa shape index (κ1) is 41.0. The Morgan fingerprint density at radius 3 is 1.54 bits per heavy atom. The number of rotatable bonds is 19. The number of aliphatic hydroxyl groups excluding tert-OH is 1. The summed E-state index contributed by atoms with van der Waals surface area (Å²) >= 11 is 0. The summed E-state index contributed by atoms with van der Waals surface area (Å²) in [5.74, 6) is -0.304. The van der Waals surface area contributed by atoms with Crippen LogP contribution in [0.5, 0.6) is 0 Å². The van der Waals surface area contributed by atoms with E-state index in [2.05, 4.69) is 120 Å². The van der Waals surface area contributed by atoms with Crippen LogP contribution in [-0.2, 0) is 19.6 Å². The minimum Gasteiger partial charge on any atom is -0.416 e. The molecule has 4 aromatic rings. The lowest BCUT2D eigenvalue weighted by molar-refractivity contribution is -0.138. The smallest absolute Gasteiger partial charge is 0.226 e. The molecule has 3 atom stereocenters. The molecule has 6 heteroatoms. The van der Waals surface area contributed by atoms with Crippen molar-refractivity contribution in [2.75, 3.05) is 20.3 Å². The van der Waals surface area contributed by atoms with Crippen molar-refractivity contribution in [1.82, 2.24) is 4.90 Å². The van der Waals surface area contributed by atoms with Gasteiger partial charge in [-0.05, 0) is 58.6 Å². The fourth-order valence-electron chi connectivity index (χ4n) is 8.12. The second kappa shape index (κ2) is 19.3. The number of carbonyl (C=O) groups is 1. The van der Waals surface area contributed by atoms with Gasteiger partial charge in [0, 0.05) is 19.6 Å². The minimum atomic E-state index is -2.10. The van der Waals surface area contributed by atoms with Gasteiger partial charge in [0.25, 0.3) is 0 Å². The van der Waals surface area contributed by atoms with Crippen molar-refractivity contribution in [1.29, 1.82) is 0 Å². The van der Waals surface area contributed by atoms with Crippen molar-refractivity contribution in [3.8, 4) is 0 Å². The summed E-state index contributed by atoms with van der Waals surface area (Å²) in [6, 6.07) is 40.3. The van der Waals surface area contributed by atoms with Gasteiger partial charge in [0.1, 0.15) is 5.60 Å². The van der Waals surface area contributed by atoms with Crippen LogP contribution in [0.3, 0.4) is 0 Å². The Morgan fingerprint density at radius 1 is 0.692 bits per heavy atom. The third-order valence-corrected chi connectivity index (χ3v) is 17.1. The van der Waals surface area contributed by atoms with Crippen molar-refractivity contribution >= 4 is 14.2 Å². The summed E-state index contributed by atoms with van der Waals surface area (Å²) < 4.78 is 13.9. The number of amides is 1. The summed E-state index contributed by atoms with van der Waals surface area (Å²) in [7, 11) is -0.296. The van der Waals surface area contributed by atoms with E-state index in [1.165, 1.54) is 0 Å². The molecular formula is C46H61NO4Si. The zero-order valence-electron chi connectivity index (χ0n) is 32.6. The molecule has 0 heterocycles. The van der Waals surface area contributed by atoms with E-state index in [4.69, 9.17) is 9.16 Å². The van der Waals surface area contributed by atoms with E-state index in [-0.39, 0.29) is 11.8 Å². The normalized spacial score (nSPS) is 14.2. The summed E-state index contributed by atoms with van der Waals surface area (Å²) in [5, 5.41) is 11.2. The molecule has 0 radical (unpaired) electrons. The van der Waals surface area contributed by atoms with E-state index in [0.29, 0.717) is 42.7 Å². The maximum absolute atomic E-state index is 14.3. The number of hydrogen-bond acceptors (Lipinski definition) is 4. The van der Waals surface area contributed by atoms with E-state index >= 15 is 0 Å². The van der Waals surface area contributed by atoms with Crippen LogP contribution in [-0.4, -0.2) is 50.5 Å². The molecule has 0 unspecified atom stereocenters. The van der Waals surface area contributed by atoms with Gasteiger partial charge in [0.2, 0.25) is 5.91 Å². The number of carbonyl (C=O) groups excluding carboxylic acids is 1. The van der Waals surface area contributed by atoms with Crippen LogP contribution in [0.2, 0.25) is 16.6 Å². The quantitative estimate of drug-likeness (QED) is 0.0595. The molecule has 1 N–H and O–H groups in total. The molecule has 0 aliphatic rings. The standard InChI is InChI=1S/C46H61NO4Si/c1-35(2)52(36(3)4,37(5)6)51-34-32-40(45(49)47(8)38(7)44(48)39-23-13-9-14-24-39)25-21-22-33-50-46(41-26-15-10-16-27-41,42-28-17-11-18-29-42)43-30-19-12-20-31-43/h9-24,26-31,35-38,40,44,48H,25,32-34H2,1-8H3/b22-21-/t38-,40-,44+/m0/s1. The minimum absolute atomic E-state index is 0.00904. The highest BCUT2D eigenvalue weighted by Gasteiger charge is 2.45. The number of benzene rings is 4. The highest BCUT2D eigenvalue weighted by Crippen LogP contribution is 2.43. The van der Waals surface area contributed by atoms with Crippen LogP contribution in [0.25, 0.3) is 0 Å². The summed E-state index contributed by atoms with van der Waals surface area (Å²) in [5.41, 5.74) is 4.50. The lowest BCUT2D eigenvalue weighted by atomic mass is 9.80. The Balaban J connectivity index is 1.59. The monoisotopic (exact) mass is 719 g/mol. The highest BCUT2D eigenvalue weighted by molar-refractivity contribution is 6.77. The summed E-state index contributed by atoms with van der Waals surface area (Å²) in [6.45, 7) is 16.5. The Hall–Kier alpha value is -3.81. The predicted octanol–water partition coefficient (Wildman–Crippen LogP) is 10.7. The molecule has 0 saturated heterocycles. The van der Waals surface area contributed by atoms with Gasteiger partial charge in [-0.3, -0.25) is 4.79 Å². The molecule has 4 aromatic carbocycles. The number of ether oxygens (including phenoxy) is 1. The van der Waals surface area contributed by atoms with Gasteiger partial charge < -0.3 is 19.2 Å². The fraction of sp³-hybridized carbons (Fsp3) is 0.413. The first-order chi connectivity index (χ1) is 25.0. The molecule has 0 fully saturated rings. The van der Waals surface area contributed by atoms with Crippen LogP contribution < -0.4 is 0 Å². The van der Waals surface area contributed by atoms with Crippen molar-refractivity contribution in [2.45, 2.75) is 95.7 Å². The topological polar surface area (TPSA) is 59.0 Å². The summed E-state index contributed by atoms with van der Waals surface area (Å²) in [4.78, 5) is 16.0. The largest absolute Gasteiger partial charge is 0.416 e. The third-order valence-electron chi connectivity index (χ3n) is 11.0. The van der Waals surface area contributed by atoms with E-state index in [9.17, 15) is 9.90 Å². The third kappa shape index (κ3) is 9.40. The molecule has 1 amide bonds. The predicted molar refractivity (Wildman–Crippen MR) is 218 cm³/mol. The van der Waals surface area contributed by atoms with Gasteiger partial charge in [-0.1, -0.05) is 175 Å². The van der Waals surface area contributed by atoms with E-state index in [1.54, 1.807) is 4.90 Å². The lowest BCUT2D eigenvalue weighted by Crippen LogP contribution is -2.48. The van der Waals surface area contributed by atoms with Crippen molar-refractivity contribution in [3.05, 3.63) is 156 Å². The number of allylic oxidation sites excluding steroid dienone is 1. The van der Waals surface area contributed by atoms with Crippen LogP contribution in [0, 0.1) is 5.92 Å². The molecule has 0 aromatic heterocycles. The van der Waals surface area contributed by atoms with E-state index < -0.39 is 26.1 Å². The maximum Gasteiger partial charge on any atom is 0.226 e. The van der Waals surface area contributed by atoms with Crippen LogP contribution in [0.15, 0.2) is 133 Å². The molecule has 4 rings (SSSR count). The number of aliphatic hydroxyl groups is 1. The SMILES string of the molecule is CC(C)[Si](OCC[C@H](C/C=C\COC(c1ccccc1)(c1ccccc1)c1ccccc1)C(=O)N(C)[C@@H](C)[C@@H](O)c1ccccc1)(C(C)C)C(C)C. The zero-order valence-corrected chi connectivity index (χ0v) is 33.6. The lowest BCUT2D eigenvalue weighted by Gasteiger charge is -2.42. The highest BCUT2D eigenvalue weighted by atomic mass is 28.4. The van der Waals surface area contributed by atoms with Gasteiger partial charge in [-0.25, -0.2) is 0 Å². The number of nitrogens with zero attached hydrogens (tertiary/aromatic N) is 1. The van der Waals surface area contributed by atoms with Crippen molar-refractivity contribution in [2.24, 2.45) is 5.92 Å². The average molecular weight is 720 g/mol. The molecule has 0 aliphatic heterocycles. The molecule has 0 aliphatic carbocycles. The Morgan fingerprint density at radius 2 is 1.12 bits per heavy atom. The summed E-state index contributed by atoms with van der Waals surface area (Å²) in [6.07, 6.45) is 4.48. The fourth-order valence-corrected chi connectivity index (χ4v) is 13.6. The second-order valence-corrected chi connectivity index (χ2v) is 20.5. The van der Waals surface area contributed by atoms with Crippen LogP contribution >= 0.6 is 0 Å². The number of likely N-dealkylation sites (N-methyl/N-ethyl adjacent to an activating group) is 1. The van der Waals surface area contributed by atoms with Crippen molar-refractivity contribution < 1.29 is 19.1 Å². The molecule has 0 spiro atoms. The maximum atomic E-state index is 14.3. The molecule has 278 valence electrons. The van der Waals surface area contributed by atoms with Gasteiger partial charge in [-0.2, -0.15) is 0 Å². The van der Waals surface area contributed by atoms with Gasteiger partial charge in [0.05, 0.1) is 18.8 Å². The Bertz CT molecular complexity index is 1520. The number of hydrogen-bond donors (Lipinski definition) is 1. The van der Waals surface area contributed by atoms with E-state index in [0.717, 1.165) is 22.3 Å². The first-order valence-electron chi connectivity index (χ1n) is 19.1. The van der Waals surface area contributed by atoms with Gasteiger partial charge in [0.15, 0.2) is 8.32 Å². The van der Waals surface area contributed by atoms with Crippen LogP contribution in [0.4, 0.5) is 0 Å². The Labute approximate surface area is 314 Å². The Kier molecular flexibility index (Phi) is 15.2. The molecule has 52 heavy (non-hydrogen) atoms. The van der Waals surface area contributed by atoms with Gasteiger partial charge >= 0.3 is 0 Å².